The molecule has 0 aliphatic carbocycles. The first-order chi connectivity index (χ1) is 7.75. The molecule has 16 heavy (non-hydrogen) atoms. The van der Waals surface area contributed by atoms with Gasteiger partial charge in [-0.25, -0.2) is 9.31 Å². The second kappa shape index (κ2) is 3.03. The largest absolute Gasteiger partial charge is 0.478 e. The minimum Gasteiger partial charge on any atom is -0.478 e. The monoisotopic (exact) mass is 213 g/mol. The zero-order valence-corrected chi connectivity index (χ0v) is 8.16. The summed E-state index contributed by atoms with van der Waals surface area (Å²) in [6.45, 7) is 0. The SMILES string of the molecule is O=C(O)c1ccc2c(c1)ncc1ccnn12. The summed E-state index contributed by atoms with van der Waals surface area (Å²) in [5.74, 6) is -0.954. The summed E-state index contributed by atoms with van der Waals surface area (Å²) in [4.78, 5) is 15.0. The van der Waals surface area contributed by atoms with Crippen molar-refractivity contribution in [3.8, 4) is 0 Å². The Bertz CT molecular complexity index is 703. The average molecular weight is 213 g/mol. The average Bonchev–Trinajstić information content (AvgIpc) is 2.76. The molecule has 3 aromatic rings. The predicted octanol–water partition coefficient (Wildman–Crippen LogP) is 1.58. The Labute approximate surface area is 90.0 Å². The van der Waals surface area contributed by atoms with E-state index in [1.165, 1.54) is 0 Å². The quantitative estimate of drug-likeness (QED) is 0.666. The second-order valence-electron chi connectivity index (χ2n) is 3.43. The van der Waals surface area contributed by atoms with Crippen molar-refractivity contribution < 1.29 is 9.90 Å². The van der Waals surface area contributed by atoms with Crippen LogP contribution >= 0.6 is 0 Å². The lowest BCUT2D eigenvalue weighted by Gasteiger charge is -2.01. The van der Waals surface area contributed by atoms with E-state index in [1.54, 1.807) is 35.1 Å². The number of benzene rings is 1. The highest BCUT2D eigenvalue weighted by Crippen LogP contribution is 2.15. The molecule has 0 amide bonds. The molecule has 78 valence electrons. The smallest absolute Gasteiger partial charge is 0.335 e. The molecule has 1 aromatic carbocycles. The Morgan fingerprint density at radius 1 is 1.31 bits per heavy atom. The first-order valence-electron chi connectivity index (χ1n) is 4.71. The molecular formula is C11H7N3O2. The third-order valence-electron chi connectivity index (χ3n) is 2.46. The molecule has 5 nitrogen and oxygen atoms in total. The van der Waals surface area contributed by atoms with E-state index in [4.69, 9.17) is 5.11 Å². The lowest BCUT2D eigenvalue weighted by atomic mass is 10.2. The van der Waals surface area contributed by atoms with Crippen molar-refractivity contribution in [2.24, 2.45) is 0 Å². The standard InChI is InChI=1S/C11H7N3O2/c15-11(16)7-1-2-10-9(5-7)12-6-8-3-4-13-14(8)10/h1-6H,(H,15,16). The number of hydrogen-bond acceptors (Lipinski definition) is 3. The Morgan fingerprint density at radius 2 is 2.19 bits per heavy atom. The van der Waals surface area contributed by atoms with Gasteiger partial charge < -0.3 is 5.11 Å². The first kappa shape index (κ1) is 8.84. The van der Waals surface area contributed by atoms with Gasteiger partial charge in [-0.3, -0.25) is 4.98 Å². The topological polar surface area (TPSA) is 67.5 Å². The van der Waals surface area contributed by atoms with E-state index in [1.807, 2.05) is 6.07 Å². The molecule has 0 spiro atoms. The number of carboxylic acid groups (broad SMARTS) is 1. The fourth-order valence-corrected chi connectivity index (χ4v) is 1.69. The van der Waals surface area contributed by atoms with Crippen molar-refractivity contribution in [1.29, 1.82) is 0 Å². The highest BCUT2D eigenvalue weighted by Gasteiger charge is 2.06. The van der Waals surface area contributed by atoms with E-state index in [-0.39, 0.29) is 5.56 Å². The molecule has 1 N–H and O–H groups in total. The number of aromatic carboxylic acids is 1. The molecule has 3 rings (SSSR count). The maximum Gasteiger partial charge on any atom is 0.335 e. The predicted molar refractivity (Wildman–Crippen MR) is 57.5 cm³/mol. The van der Waals surface area contributed by atoms with E-state index in [2.05, 4.69) is 10.1 Å². The lowest BCUT2D eigenvalue weighted by Crippen LogP contribution is -1.98. The molecule has 0 bridgehead atoms. The van der Waals surface area contributed by atoms with Crippen LogP contribution in [-0.4, -0.2) is 25.7 Å². The summed E-state index contributed by atoms with van der Waals surface area (Å²) in [5.41, 5.74) is 2.53. The molecule has 2 heterocycles. The molecular weight excluding hydrogens is 206 g/mol. The zero-order chi connectivity index (χ0) is 11.1. The fraction of sp³-hybridized carbons (Fsp3) is 0. The number of carbonyl (C=O) groups is 1. The summed E-state index contributed by atoms with van der Waals surface area (Å²) < 4.78 is 1.73. The second-order valence-corrected chi connectivity index (χ2v) is 3.43. The maximum atomic E-state index is 10.8. The van der Waals surface area contributed by atoms with Gasteiger partial charge in [0, 0.05) is 0 Å². The number of aromatic nitrogens is 3. The van der Waals surface area contributed by atoms with Gasteiger partial charge in [-0.1, -0.05) is 0 Å². The summed E-state index contributed by atoms with van der Waals surface area (Å²) in [6, 6.07) is 6.65. The molecule has 0 aliphatic heterocycles. The van der Waals surface area contributed by atoms with Crippen molar-refractivity contribution in [3.05, 3.63) is 42.2 Å². The number of rotatable bonds is 1. The Hall–Kier alpha value is -2.43. The summed E-state index contributed by atoms with van der Waals surface area (Å²) in [7, 11) is 0. The summed E-state index contributed by atoms with van der Waals surface area (Å²) in [5, 5.41) is 13.0. The van der Waals surface area contributed by atoms with Gasteiger partial charge in [0.15, 0.2) is 0 Å². The molecule has 0 radical (unpaired) electrons. The molecule has 2 aromatic heterocycles. The van der Waals surface area contributed by atoms with Crippen LogP contribution in [0.4, 0.5) is 0 Å². The third kappa shape index (κ3) is 1.15. The summed E-state index contributed by atoms with van der Waals surface area (Å²) >= 11 is 0. The van der Waals surface area contributed by atoms with Crippen molar-refractivity contribution in [2.45, 2.75) is 0 Å². The van der Waals surface area contributed by atoms with Gasteiger partial charge in [0.25, 0.3) is 0 Å². The van der Waals surface area contributed by atoms with E-state index < -0.39 is 5.97 Å². The molecule has 0 fully saturated rings. The normalized spacial score (nSPS) is 11.0. The van der Waals surface area contributed by atoms with Gasteiger partial charge in [-0.15, -0.1) is 0 Å². The zero-order valence-electron chi connectivity index (χ0n) is 8.16. The third-order valence-corrected chi connectivity index (χ3v) is 2.46. The van der Waals surface area contributed by atoms with E-state index in [0.29, 0.717) is 5.52 Å². The van der Waals surface area contributed by atoms with Crippen LogP contribution < -0.4 is 0 Å². The highest BCUT2D eigenvalue weighted by molar-refractivity contribution is 5.92. The Balaban J connectivity index is 2.41. The van der Waals surface area contributed by atoms with Gasteiger partial charge >= 0.3 is 5.97 Å². The van der Waals surface area contributed by atoms with Crippen molar-refractivity contribution in [2.75, 3.05) is 0 Å². The van der Waals surface area contributed by atoms with Crippen molar-refractivity contribution >= 4 is 22.5 Å². The van der Waals surface area contributed by atoms with Crippen LogP contribution in [0.1, 0.15) is 10.4 Å². The molecule has 0 saturated heterocycles. The number of hydrogen-bond donors (Lipinski definition) is 1. The fourth-order valence-electron chi connectivity index (χ4n) is 1.69. The van der Waals surface area contributed by atoms with Crippen LogP contribution in [0.15, 0.2) is 36.7 Å². The molecule has 0 saturated carbocycles. The Morgan fingerprint density at radius 3 is 3.00 bits per heavy atom. The Kier molecular flexibility index (Phi) is 1.67. The van der Waals surface area contributed by atoms with Crippen molar-refractivity contribution in [3.63, 3.8) is 0 Å². The molecule has 0 aliphatic rings. The van der Waals surface area contributed by atoms with Crippen LogP contribution in [0.25, 0.3) is 16.6 Å². The highest BCUT2D eigenvalue weighted by atomic mass is 16.4. The number of carboxylic acids is 1. The van der Waals surface area contributed by atoms with Crippen LogP contribution in [0.3, 0.4) is 0 Å². The van der Waals surface area contributed by atoms with Gasteiger partial charge in [0.05, 0.1) is 34.5 Å². The van der Waals surface area contributed by atoms with E-state index >= 15 is 0 Å². The maximum absolute atomic E-state index is 10.8. The van der Waals surface area contributed by atoms with Crippen LogP contribution in [-0.2, 0) is 0 Å². The van der Waals surface area contributed by atoms with Gasteiger partial charge in [-0.05, 0) is 24.3 Å². The molecule has 5 heteroatoms. The summed E-state index contributed by atoms with van der Waals surface area (Å²) in [6.07, 6.45) is 3.35. The number of nitrogens with zero attached hydrogens (tertiary/aromatic N) is 3. The van der Waals surface area contributed by atoms with Gasteiger partial charge in [0.1, 0.15) is 0 Å². The molecule has 0 atom stereocenters. The van der Waals surface area contributed by atoms with Crippen LogP contribution in [0.5, 0.6) is 0 Å². The van der Waals surface area contributed by atoms with E-state index in [0.717, 1.165) is 11.0 Å². The minimum atomic E-state index is -0.954. The number of fused-ring (bicyclic) bond motifs is 3. The van der Waals surface area contributed by atoms with E-state index in [9.17, 15) is 4.79 Å². The van der Waals surface area contributed by atoms with Crippen molar-refractivity contribution in [1.82, 2.24) is 14.6 Å². The van der Waals surface area contributed by atoms with Crippen LogP contribution in [0, 0.1) is 0 Å². The molecule has 0 unspecified atom stereocenters. The minimum absolute atomic E-state index is 0.228. The van der Waals surface area contributed by atoms with Gasteiger partial charge in [-0.2, -0.15) is 5.10 Å². The van der Waals surface area contributed by atoms with Crippen LogP contribution in [0.2, 0.25) is 0 Å². The van der Waals surface area contributed by atoms with Gasteiger partial charge in [0.2, 0.25) is 0 Å². The first-order valence-corrected chi connectivity index (χ1v) is 4.71. The lowest BCUT2D eigenvalue weighted by molar-refractivity contribution is 0.0697.